The van der Waals surface area contributed by atoms with Gasteiger partial charge < -0.3 is 20.1 Å². The van der Waals surface area contributed by atoms with Gasteiger partial charge >= 0.3 is 6.18 Å². The van der Waals surface area contributed by atoms with Crippen molar-refractivity contribution in [3.63, 3.8) is 0 Å². The van der Waals surface area contributed by atoms with Crippen LogP contribution in [0.2, 0.25) is 0 Å². The van der Waals surface area contributed by atoms with Crippen LogP contribution in [0.4, 0.5) is 13.2 Å². The van der Waals surface area contributed by atoms with Gasteiger partial charge in [0.25, 0.3) is 0 Å². The first-order valence-electron chi connectivity index (χ1n) is 5.31. The van der Waals surface area contributed by atoms with Crippen molar-refractivity contribution in [1.82, 2.24) is 4.90 Å². The average Bonchev–Trinajstić information content (AvgIpc) is 2.66. The number of nitrogens with zero attached hydrogens (tertiary/aromatic N) is 1. The molecule has 2 saturated heterocycles. The third kappa shape index (κ3) is 2.12. The van der Waals surface area contributed by atoms with E-state index in [-0.39, 0.29) is 12.5 Å². The predicted molar refractivity (Wildman–Crippen MR) is 56.5 cm³/mol. The zero-order valence-corrected chi connectivity index (χ0v) is 10.3. The molecule has 2 aliphatic heterocycles. The fraction of sp³-hybridized carbons (Fsp3) is 1.00. The van der Waals surface area contributed by atoms with Crippen LogP contribution in [-0.4, -0.2) is 68.3 Å². The summed E-state index contributed by atoms with van der Waals surface area (Å²) < 4.78 is 43.5. The van der Waals surface area contributed by atoms with Crippen LogP contribution in [0.5, 0.6) is 0 Å². The van der Waals surface area contributed by atoms with Crippen molar-refractivity contribution in [2.24, 2.45) is 0 Å². The maximum Gasteiger partial charge on any atom is 0.430 e. The van der Waals surface area contributed by atoms with Gasteiger partial charge in [-0.3, -0.25) is 0 Å². The van der Waals surface area contributed by atoms with Gasteiger partial charge in [-0.25, -0.2) is 4.90 Å². The van der Waals surface area contributed by atoms with Crippen LogP contribution in [0.3, 0.4) is 0 Å². The van der Waals surface area contributed by atoms with Crippen LogP contribution in [-0.2, 0) is 4.74 Å². The summed E-state index contributed by atoms with van der Waals surface area (Å²) in [6.07, 6.45) is -7.49. The molecule has 3 N–H and O–H groups in total. The van der Waals surface area contributed by atoms with Crippen LogP contribution in [0, 0.1) is 0 Å². The summed E-state index contributed by atoms with van der Waals surface area (Å²) in [4.78, 5) is 0.718. The number of alkyl halides is 3. The zero-order valence-electron chi connectivity index (χ0n) is 9.46. The number of rotatable bonds is 1. The lowest BCUT2D eigenvalue weighted by atomic mass is 10.00. The number of aliphatic hydroxyl groups is 3. The summed E-state index contributed by atoms with van der Waals surface area (Å²) in [6.45, 7) is 0.501. The second-order valence-corrected chi connectivity index (χ2v) is 5.59. The van der Waals surface area contributed by atoms with Gasteiger partial charge in [-0.1, -0.05) is 0 Å². The van der Waals surface area contributed by atoms with E-state index in [1.165, 1.54) is 0 Å². The minimum absolute atomic E-state index is 0.128. The van der Waals surface area contributed by atoms with E-state index < -0.39 is 35.6 Å². The van der Waals surface area contributed by atoms with Crippen LogP contribution < -0.4 is 0 Å². The Hall–Kier alpha value is -0.0600. The van der Waals surface area contributed by atoms with Crippen LogP contribution >= 0.6 is 11.8 Å². The lowest BCUT2D eigenvalue weighted by Crippen LogP contribution is -2.65. The number of thioether (sulfide) groups is 1. The number of ether oxygens (including phenoxy) is 1. The molecule has 0 amide bonds. The van der Waals surface area contributed by atoms with Gasteiger partial charge in [0.15, 0.2) is 0 Å². The van der Waals surface area contributed by atoms with Crippen LogP contribution in [0.25, 0.3) is 0 Å². The molecule has 0 aromatic rings. The van der Waals surface area contributed by atoms with E-state index in [9.17, 15) is 28.5 Å². The molecule has 2 fully saturated rings. The third-order valence-corrected chi connectivity index (χ3v) is 4.46. The molecular formula is C9H14F3NO4S. The normalized spacial score (nSPS) is 41.5. The zero-order chi connectivity index (χ0) is 13.7. The Morgan fingerprint density at radius 3 is 2.50 bits per heavy atom. The fourth-order valence-electron chi connectivity index (χ4n) is 2.08. The molecule has 0 bridgehead atoms. The maximum absolute atomic E-state index is 12.8. The van der Waals surface area contributed by atoms with Gasteiger partial charge in [-0.15, -0.1) is 11.8 Å². The molecule has 0 saturated carbocycles. The second-order valence-electron chi connectivity index (χ2n) is 4.53. The summed E-state index contributed by atoms with van der Waals surface area (Å²) in [7, 11) is 0. The molecule has 0 radical (unpaired) electrons. The number of aliphatic hydroxyl groups excluding tert-OH is 2. The van der Waals surface area contributed by atoms with E-state index in [1.54, 1.807) is 0 Å². The van der Waals surface area contributed by atoms with E-state index in [2.05, 4.69) is 0 Å². The Kier molecular flexibility index (Phi) is 3.58. The molecule has 0 aliphatic carbocycles. The fourth-order valence-corrected chi connectivity index (χ4v) is 3.49. The minimum atomic E-state index is -4.86. The second kappa shape index (κ2) is 4.50. The lowest BCUT2D eigenvalue weighted by Gasteiger charge is -2.43. The standard InChI is InChI=1S/C9H14F3NO4S/c1-8(16,9(10,11)12)13-3-18-7-5(13)6(15)4(14)2-17-7/h4-7,14-16H,2-3H2,1H3. The number of halogens is 3. The number of fused-ring (bicyclic) bond motifs is 1. The summed E-state index contributed by atoms with van der Waals surface area (Å²) in [5, 5.41) is 28.9. The van der Waals surface area contributed by atoms with Crippen LogP contribution in [0.15, 0.2) is 0 Å². The molecule has 9 heteroatoms. The quantitative estimate of drug-likeness (QED) is 0.616. The SMILES string of the molecule is CC(O)(N1CSC2OCC(O)C(O)C21)C(F)(F)F. The van der Waals surface area contributed by atoms with Crippen LogP contribution in [0.1, 0.15) is 6.92 Å². The number of hydrogen-bond acceptors (Lipinski definition) is 6. The Bertz CT molecular complexity index is 327. The van der Waals surface area contributed by atoms with Crippen molar-refractivity contribution in [2.75, 3.05) is 12.5 Å². The molecular weight excluding hydrogens is 275 g/mol. The Balaban J connectivity index is 2.25. The summed E-state index contributed by atoms with van der Waals surface area (Å²) >= 11 is 1.06. The molecule has 2 rings (SSSR count). The van der Waals surface area contributed by atoms with Gasteiger partial charge in [-0.05, 0) is 6.92 Å². The highest BCUT2D eigenvalue weighted by Gasteiger charge is 2.61. The van der Waals surface area contributed by atoms with E-state index >= 15 is 0 Å². The predicted octanol–water partition coefficient (Wildman–Crippen LogP) is -0.290. The summed E-state index contributed by atoms with van der Waals surface area (Å²) in [5.74, 6) is -0.133. The van der Waals surface area contributed by atoms with E-state index in [0.29, 0.717) is 6.92 Å². The van der Waals surface area contributed by atoms with Gasteiger partial charge in [0, 0.05) is 0 Å². The Labute approximate surface area is 106 Å². The van der Waals surface area contributed by atoms with E-state index in [1.807, 2.05) is 0 Å². The monoisotopic (exact) mass is 289 g/mol. The maximum atomic E-state index is 12.8. The van der Waals surface area contributed by atoms with Crippen molar-refractivity contribution < 1.29 is 33.2 Å². The molecule has 106 valence electrons. The Morgan fingerprint density at radius 1 is 1.33 bits per heavy atom. The average molecular weight is 289 g/mol. The van der Waals surface area contributed by atoms with Gasteiger partial charge in [-0.2, -0.15) is 13.2 Å². The molecule has 0 aromatic carbocycles. The third-order valence-electron chi connectivity index (χ3n) is 3.29. The minimum Gasteiger partial charge on any atom is -0.389 e. The topological polar surface area (TPSA) is 73.2 Å². The lowest BCUT2D eigenvalue weighted by molar-refractivity contribution is -0.320. The van der Waals surface area contributed by atoms with Crippen molar-refractivity contribution in [1.29, 1.82) is 0 Å². The van der Waals surface area contributed by atoms with E-state index in [4.69, 9.17) is 4.74 Å². The molecule has 2 heterocycles. The first-order chi connectivity index (χ1) is 8.16. The largest absolute Gasteiger partial charge is 0.430 e. The van der Waals surface area contributed by atoms with Crippen molar-refractivity contribution >= 4 is 11.8 Å². The molecule has 2 aliphatic rings. The molecule has 0 spiro atoms. The summed E-state index contributed by atoms with van der Waals surface area (Å²) in [6, 6.07) is -1.09. The molecule has 5 unspecified atom stereocenters. The highest BCUT2D eigenvalue weighted by molar-refractivity contribution is 8.00. The van der Waals surface area contributed by atoms with Crippen molar-refractivity contribution in [3.8, 4) is 0 Å². The molecule has 5 nitrogen and oxygen atoms in total. The van der Waals surface area contributed by atoms with Gasteiger partial charge in [0.1, 0.15) is 17.6 Å². The molecule has 5 atom stereocenters. The van der Waals surface area contributed by atoms with E-state index in [0.717, 1.165) is 16.7 Å². The smallest absolute Gasteiger partial charge is 0.389 e. The van der Waals surface area contributed by atoms with Crippen molar-refractivity contribution in [2.45, 2.75) is 42.5 Å². The number of hydrogen-bond donors (Lipinski definition) is 3. The van der Waals surface area contributed by atoms with Crippen molar-refractivity contribution in [3.05, 3.63) is 0 Å². The van der Waals surface area contributed by atoms with Gasteiger partial charge in [0.2, 0.25) is 5.72 Å². The highest BCUT2D eigenvalue weighted by atomic mass is 32.2. The summed E-state index contributed by atoms with van der Waals surface area (Å²) in [5.41, 5.74) is -3.75. The Morgan fingerprint density at radius 2 is 1.94 bits per heavy atom. The molecule has 0 aromatic heterocycles. The van der Waals surface area contributed by atoms with Gasteiger partial charge in [0.05, 0.1) is 18.5 Å². The first kappa shape index (κ1) is 14.4. The molecule has 18 heavy (non-hydrogen) atoms. The highest BCUT2D eigenvalue weighted by Crippen LogP contribution is 2.44. The first-order valence-corrected chi connectivity index (χ1v) is 6.36.